The minimum atomic E-state index is -0.0444. The number of unbranched alkanes of at least 4 members (excludes halogenated alkanes) is 1. The Bertz CT molecular complexity index is 418. The first-order valence-corrected chi connectivity index (χ1v) is 7.75. The van der Waals surface area contributed by atoms with Gasteiger partial charge in [0.25, 0.3) is 0 Å². The van der Waals surface area contributed by atoms with Crippen molar-refractivity contribution in [1.29, 1.82) is 0 Å². The molecule has 3 nitrogen and oxygen atoms in total. The summed E-state index contributed by atoms with van der Waals surface area (Å²) in [7, 11) is 0. The van der Waals surface area contributed by atoms with Crippen LogP contribution < -0.4 is 0 Å². The van der Waals surface area contributed by atoms with Crippen LogP contribution in [0.5, 0.6) is 0 Å². The SMILES string of the molecule is CCCCOC(=O)C1CCN1C(CC)c1ccccc1. The molecule has 2 rings (SSSR count). The van der Waals surface area contributed by atoms with Crippen LogP contribution in [0.15, 0.2) is 30.3 Å². The number of carbonyl (C=O) groups excluding carboxylic acids is 1. The van der Waals surface area contributed by atoms with Gasteiger partial charge in [-0.05, 0) is 24.8 Å². The Morgan fingerprint density at radius 3 is 2.65 bits per heavy atom. The van der Waals surface area contributed by atoms with Gasteiger partial charge in [0.2, 0.25) is 0 Å². The average Bonchev–Trinajstić information content (AvgIpc) is 2.44. The summed E-state index contributed by atoms with van der Waals surface area (Å²) in [5.41, 5.74) is 1.29. The van der Waals surface area contributed by atoms with E-state index in [4.69, 9.17) is 4.74 Å². The van der Waals surface area contributed by atoms with Crippen molar-refractivity contribution in [2.75, 3.05) is 13.2 Å². The molecule has 0 spiro atoms. The summed E-state index contributed by atoms with van der Waals surface area (Å²) >= 11 is 0. The minimum absolute atomic E-state index is 0.0425. The molecule has 2 unspecified atom stereocenters. The third-order valence-corrected chi connectivity index (χ3v) is 4.05. The largest absolute Gasteiger partial charge is 0.465 e. The van der Waals surface area contributed by atoms with E-state index in [2.05, 4.69) is 43.0 Å². The second-order valence-electron chi connectivity index (χ2n) is 5.40. The van der Waals surface area contributed by atoms with Gasteiger partial charge in [-0.2, -0.15) is 0 Å². The lowest BCUT2D eigenvalue weighted by molar-refractivity contribution is -0.157. The number of benzene rings is 1. The first-order chi connectivity index (χ1) is 9.77. The fraction of sp³-hybridized carbons (Fsp3) is 0.588. The van der Waals surface area contributed by atoms with Crippen LogP contribution in [-0.4, -0.2) is 30.1 Å². The molecule has 0 aliphatic carbocycles. The molecule has 3 heteroatoms. The molecular weight excluding hydrogens is 250 g/mol. The third-order valence-electron chi connectivity index (χ3n) is 4.05. The molecular formula is C17H25NO2. The molecule has 0 saturated carbocycles. The van der Waals surface area contributed by atoms with Crippen LogP contribution in [0.1, 0.15) is 51.1 Å². The number of nitrogens with zero attached hydrogens (tertiary/aromatic N) is 1. The Kier molecular flexibility index (Phi) is 5.60. The smallest absolute Gasteiger partial charge is 0.323 e. The highest BCUT2D eigenvalue weighted by Gasteiger charge is 2.39. The fourth-order valence-electron chi connectivity index (χ4n) is 2.78. The maximum atomic E-state index is 12.1. The van der Waals surface area contributed by atoms with Crippen molar-refractivity contribution in [2.24, 2.45) is 0 Å². The van der Waals surface area contributed by atoms with Gasteiger partial charge in [-0.15, -0.1) is 0 Å². The highest BCUT2D eigenvalue weighted by molar-refractivity contribution is 5.77. The number of likely N-dealkylation sites (tertiary alicyclic amines) is 1. The molecule has 1 heterocycles. The van der Waals surface area contributed by atoms with E-state index in [1.54, 1.807) is 0 Å². The quantitative estimate of drug-likeness (QED) is 0.563. The summed E-state index contributed by atoms with van der Waals surface area (Å²) in [6.45, 7) is 5.82. The van der Waals surface area contributed by atoms with E-state index in [1.807, 2.05) is 6.07 Å². The summed E-state index contributed by atoms with van der Waals surface area (Å²) in [6.07, 6.45) is 3.95. The maximum Gasteiger partial charge on any atom is 0.323 e. The normalized spacial score (nSPS) is 20.2. The minimum Gasteiger partial charge on any atom is -0.465 e. The first kappa shape index (κ1) is 15.0. The molecule has 1 aromatic carbocycles. The lowest BCUT2D eigenvalue weighted by atomic mass is 9.94. The van der Waals surface area contributed by atoms with Gasteiger partial charge in [0.1, 0.15) is 6.04 Å². The van der Waals surface area contributed by atoms with Gasteiger partial charge in [-0.1, -0.05) is 50.6 Å². The molecule has 1 aliphatic heterocycles. The van der Waals surface area contributed by atoms with E-state index in [0.717, 1.165) is 32.2 Å². The molecule has 0 bridgehead atoms. The standard InChI is InChI=1S/C17H25NO2/c1-3-5-13-20-17(19)16-11-12-18(16)15(4-2)14-9-7-6-8-10-14/h6-10,15-16H,3-5,11-13H2,1-2H3. The van der Waals surface area contributed by atoms with E-state index in [9.17, 15) is 4.79 Å². The van der Waals surface area contributed by atoms with Gasteiger partial charge in [0, 0.05) is 12.6 Å². The Labute approximate surface area is 121 Å². The Balaban J connectivity index is 1.96. The van der Waals surface area contributed by atoms with E-state index >= 15 is 0 Å². The number of ether oxygens (including phenoxy) is 1. The van der Waals surface area contributed by atoms with Crippen LogP contribution >= 0.6 is 0 Å². The van der Waals surface area contributed by atoms with Crippen molar-refractivity contribution < 1.29 is 9.53 Å². The van der Waals surface area contributed by atoms with Crippen molar-refractivity contribution >= 4 is 5.97 Å². The van der Waals surface area contributed by atoms with Crippen LogP contribution in [0.3, 0.4) is 0 Å². The number of hydrogen-bond acceptors (Lipinski definition) is 3. The summed E-state index contributed by atoms with van der Waals surface area (Å²) in [4.78, 5) is 14.4. The zero-order valence-electron chi connectivity index (χ0n) is 12.5. The molecule has 1 aliphatic rings. The van der Waals surface area contributed by atoms with Crippen LogP contribution in [0.4, 0.5) is 0 Å². The van der Waals surface area contributed by atoms with E-state index in [-0.39, 0.29) is 12.0 Å². The van der Waals surface area contributed by atoms with Crippen molar-refractivity contribution in [2.45, 2.75) is 51.6 Å². The summed E-state index contributed by atoms with van der Waals surface area (Å²) in [6, 6.07) is 10.7. The van der Waals surface area contributed by atoms with Crippen molar-refractivity contribution in [1.82, 2.24) is 4.90 Å². The molecule has 1 fully saturated rings. The zero-order valence-corrected chi connectivity index (χ0v) is 12.5. The van der Waals surface area contributed by atoms with Crippen LogP contribution in [0, 0.1) is 0 Å². The van der Waals surface area contributed by atoms with Crippen molar-refractivity contribution in [3.8, 4) is 0 Å². The summed E-state index contributed by atoms with van der Waals surface area (Å²) in [5.74, 6) is -0.0425. The first-order valence-electron chi connectivity index (χ1n) is 7.75. The number of hydrogen-bond donors (Lipinski definition) is 0. The molecule has 2 atom stereocenters. The van der Waals surface area contributed by atoms with Crippen LogP contribution in [0.25, 0.3) is 0 Å². The Morgan fingerprint density at radius 1 is 1.35 bits per heavy atom. The zero-order chi connectivity index (χ0) is 14.4. The third kappa shape index (κ3) is 3.40. The molecule has 0 radical (unpaired) electrons. The second-order valence-corrected chi connectivity index (χ2v) is 5.40. The monoisotopic (exact) mass is 275 g/mol. The fourth-order valence-corrected chi connectivity index (χ4v) is 2.78. The molecule has 0 amide bonds. The average molecular weight is 275 g/mol. The van der Waals surface area contributed by atoms with E-state index < -0.39 is 0 Å². The van der Waals surface area contributed by atoms with Gasteiger partial charge in [0.05, 0.1) is 6.61 Å². The van der Waals surface area contributed by atoms with Gasteiger partial charge >= 0.3 is 5.97 Å². The van der Waals surface area contributed by atoms with Gasteiger partial charge in [-0.25, -0.2) is 0 Å². The molecule has 0 N–H and O–H groups in total. The summed E-state index contributed by atoms with van der Waals surface area (Å²) < 4.78 is 5.37. The molecule has 0 aromatic heterocycles. The van der Waals surface area contributed by atoms with Crippen molar-refractivity contribution in [3.63, 3.8) is 0 Å². The lowest BCUT2D eigenvalue weighted by Gasteiger charge is -2.44. The molecule has 1 saturated heterocycles. The summed E-state index contributed by atoms with van der Waals surface area (Å²) in [5, 5.41) is 0. The highest BCUT2D eigenvalue weighted by atomic mass is 16.5. The predicted molar refractivity (Wildman–Crippen MR) is 80.5 cm³/mol. The highest BCUT2D eigenvalue weighted by Crippen LogP contribution is 2.33. The molecule has 20 heavy (non-hydrogen) atoms. The number of carbonyl (C=O) groups is 1. The Morgan fingerprint density at radius 2 is 2.10 bits per heavy atom. The number of rotatable bonds is 7. The predicted octanol–water partition coefficient (Wildman–Crippen LogP) is 3.56. The van der Waals surface area contributed by atoms with Crippen LogP contribution in [-0.2, 0) is 9.53 Å². The van der Waals surface area contributed by atoms with Gasteiger partial charge in [0.15, 0.2) is 0 Å². The molecule has 110 valence electrons. The van der Waals surface area contributed by atoms with Crippen LogP contribution in [0.2, 0.25) is 0 Å². The van der Waals surface area contributed by atoms with Crippen molar-refractivity contribution in [3.05, 3.63) is 35.9 Å². The number of esters is 1. The Hall–Kier alpha value is -1.35. The molecule has 1 aromatic rings. The van der Waals surface area contributed by atoms with Gasteiger partial charge < -0.3 is 4.74 Å². The maximum absolute atomic E-state index is 12.1. The van der Waals surface area contributed by atoms with E-state index in [0.29, 0.717) is 12.6 Å². The second kappa shape index (κ2) is 7.44. The van der Waals surface area contributed by atoms with E-state index in [1.165, 1.54) is 5.56 Å². The topological polar surface area (TPSA) is 29.5 Å². The lowest BCUT2D eigenvalue weighted by Crippen LogP contribution is -2.54. The van der Waals surface area contributed by atoms with Gasteiger partial charge in [-0.3, -0.25) is 9.69 Å².